The Kier molecular flexibility index (Phi) is 9.13. The van der Waals surface area contributed by atoms with E-state index in [4.69, 9.17) is 0 Å². The van der Waals surface area contributed by atoms with Crippen molar-refractivity contribution in [1.29, 1.82) is 0 Å². The van der Waals surface area contributed by atoms with Gasteiger partial charge in [-0.05, 0) is 69.7 Å². The van der Waals surface area contributed by atoms with Gasteiger partial charge in [-0.2, -0.15) is 0 Å². The van der Waals surface area contributed by atoms with E-state index in [2.05, 4.69) is 170 Å². The minimum atomic E-state index is -0.671. The van der Waals surface area contributed by atoms with Crippen LogP contribution >= 0.6 is 77.0 Å². The molecule has 8 heteroatoms. The highest BCUT2D eigenvalue weighted by Gasteiger charge is 2.30. The molecular formula is C40H28P4S4. The molecule has 0 saturated heterocycles. The van der Waals surface area contributed by atoms with Gasteiger partial charge in [0.25, 0.3) is 0 Å². The number of rotatable bonds is 4. The van der Waals surface area contributed by atoms with E-state index < -0.39 is 31.7 Å². The molecule has 0 nitrogen and oxygen atoms in total. The molecule has 0 spiro atoms. The van der Waals surface area contributed by atoms with Gasteiger partial charge < -0.3 is 0 Å². The molecule has 0 amide bonds. The van der Waals surface area contributed by atoms with Gasteiger partial charge in [0.05, 0.1) is 0 Å². The normalized spacial score (nSPS) is 18.8. The second-order valence-electron chi connectivity index (χ2n) is 11.1. The second-order valence-corrected chi connectivity index (χ2v) is 26.5. The van der Waals surface area contributed by atoms with Crippen molar-refractivity contribution in [2.24, 2.45) is 0 Å². The van der Waals surface area contributed by atoms with Crippen LogP contribution in [0.4, 0.5) is 0 Å². The summed E-state index contributed by atoms with van der Waals surface area (Å²) in [6.45, 7) is 0. The summed E-state index contributed by atoms with van der Waals surface area (Å²) in [5, 5.41) is 5.70. The number of thiophene rings is 4. The van der Waals surface area contributed by atoms with E-state index in [0.717, 1.165) is 0 Å². The molecule has 5 heterocycles. The fourth-order valence-corrected chi connectivity index (χ4v) is 26.2. The predicted octanol–water partition coefficient (Wildman–Crippen LogP) is 7.28. The molecule has 0 radical (unpaired) electrons. The third kappa shape index (κ3) is 6.07. The number of benzene rings is 4. The molecule has 8 aromatic rings. The Morgan fingerprint density at radius 3 is 0.542 bits per heavy atom. The van der Waals surface area contributed by atoms with Crippen molar-refractivity contribution < 1.29 is 0 Å². The summed E-state index contributed by atoms with van der Waals surface area (Å²) in [5.41, 5.74) is 0. The molecule has 48 heavy (non-hydrogen) atoms. The summed E-state index contributed by atoms with van der Waals surface area (Å²) < 4.78 is 11.9. The molecule has 0 unspecified atom stereocenters. The van der Waals surface area contributed by atoms with Crippen LogP contribution in [0.25, 0.3) is 0 Å². The number of fused-ring (bicyclic) bond motifs is 8. The van der Waals surface area contributed by atoms with Gasteiger partial charge in [-0.25, -0.2) is 0 Å². The molecular weight excluding hydrogens is 733 g/mol. The first kappa shape index (κ1) is 31.4. The number of hydrogen-bond acceptors (Lipinski definition) is 4. The minimum Gasteiger partial charge on any atom is -0.134 e. The maximum Gasteiger partial charge on any atom is 0.0384 e. The zero-order valence-electron chi connectivity index (χ0n) is 25.6. The largest absolute Gasteiger partial charge is 0.134 e. The van der Waals surface area contributed by atoms with Crippen molar-refractivity contribution in [2.75, 3.05) is 0 Å². The van der Waals surface area contributed by atoms with E-state index >= 15 is 0 Å². The van der Waals surface area contributed by atoms with Crippen molar-refractivity contribution in [3.63, 3.8) is 0 Å². The van der Waals surface area contributed by atoms with Crippen LogP contribution in [0.5, 0.6) is 0 Å². The van der Waals surface area contributed by atoms with Crippen molar-refractivity contribution in [3.8, 4) is 0 Å². The first-order chi connectivity index (χ1) is 23.8. The van der Waals surface area contributed by atoms with Gasteiger partial charge in [0.1, 0.15) is 0 Å². The van der Waals surface area contributed by atoms with Crippen LogP contribution in [0, 0.1) is 0 Å². The molecule has 0 atom stereocenters. The highest BCUT2D eigenvalue weighted by atomic mass is 32.1. The zero-order valence-corrected chi connectivity index (χ0v) is 32.4. The Labute approximate surface area is 302 Å². The lowest BCUT2D eigenvalue weighted by Gasteiger charge is -2.19. The Hall–Kier alpha value is -2.60. The summed E-state index contributed by atoms with van der Waals surface area (Å²) in [5.74, 6) is 0. The first-order valence-corrected chi connectivity index (χ1v) is 24.2. The minimum absolute atomic E-state index is 0.671. The van der Waals surface area contributed by atoms with Crippen LogP contribution in [0.2, 0.25) is 0 Å². The summed E-state index contributed by atoms with van der Waals surface area (Å²) in [4.78, 5) is 0. The molecule has 4 aromatic carbocycles. The topological polar surface area (TPSA) is 0 Å². The smallest absolute Gasteiger partial charge is 0.0384 e. The van der Waals surface area contributed by atoms with Crippen molar-refractivity contribution in [3.05, 3.63) is 170 Å². The fraction of sp³-hybridized carbons (Fsp3) is 0. The Morgan fingerprint density at radius 2 is 0.375 bits per heavy atom. The zero-order chi connectivity index (χ0) is 31.9. The van der Waals surface area contributed by atoms with Gasteiger partial charge in [-0.15, -0.1) is 45.3 Å². The lowest BCUT2D eigenvalue weighted by molar-refractivity contribution is 1.77. The molecule has 232 valence electrons. The number of hydrogen-bond donors (Lipinski definition) is 0. The lowest BCUT2D eigenvalue weighted by Crippen LogP contribution is -2.20. The molecule has 9 rings (SSSR count). The Morgan fingerprint density at radius 1 is 0.208 bits per heavy atom. The van der Waals surface area contributed by atoms with E-state index in [-0.39, 0.29) is 0 Å². The molecule has 8 bridgehead atoms. The molecule has 0 fully saturated rings. The lowest BCUT2D eigenvalue weighted by atomic mass is 10.4. The third-order valence-corrected chi connectivity index (χ3v) is 25.4. The second kappa shape index (κ2) is 14.0. The van der Waals surface area contributed by atoms with Gasteiger partial charge in [0.2, 0.25) is 0 Å². The fourth-order valence-electron chi connectivity index (χ4n) is 5.99. The van der Waals surface area contributed by atoms with Crippen LogP contribution in [0.3, 0.4) is 0 Å². The van der Waals surface area contributed by atoms with E-state index in [1.54, 1.807) is 0 Å². The maximum absolute atomic E-state index is 2.45. The van der Waals surface area contributed by atoms with Gasteiger partial charge in [-0.3, -0.25) is 0 Å². The monoisotopic (exact) mass is 760 g/mol. The highest BCUT2D eigenvalue weighted by molar-refractivity contribution is 7.96. The molecule has 0 aliphatic carbocycles. The molecule has 1 aliphatic heterocycles. The Balaban J connectivity index is 1.30. The highest BCUT2D eigenvalue weighted by Crippen LogP contribution is 2.46. The van der Waals surface area contributed by atoms with Crippen LogP contribution in [-0.2, 0) is 0 Å². The van der Waals surface area contributed by atoms with Crippen LogP contribution in [0.15, 0.2) is 170 Å². The van der Waals surface area contributed by atoms with Gasteiger partial charge in [-0.1, -0.05) is 121 Å². The van der Waals surface area contributed by atoms with Gasteiger partial charge in [0, 0.05) is 68.6 Å². The van der Waals surface area contributed by atoms with Gasteiger partial charge >= 0.3 is 0 Å². The average Bonchev–Trinajstić information content (AvgIpc) is 3.98. The van der Waals surface area contributed by atoms with Crippen molar-refractivity contribution in [2.45, 2.75) is 0 Å². The van der Waals surface area contributed by atoms with Crippen LogP contribution < -0.4 is 58.2 Å². The SMILES string of the molecule is c1ccc(P2c3ccc(s3)P(c3ccccc3)c3ccc(s3)P(c3ccccc3)c3ccc(s3)P(c3ccccc3)c3ccc2s3)cc1. The summed E-state index contributed by atoms with van der Waals surface area (Å²) in [7, 11) is -2.68. The standard InChI is InChI=1S/C40H28P4S4/c1-5-13-29(14-6-1)41-33-21-23-35(45-33)42(30-15-7-2-8-16-30)37-25-27-39(47-37)44(32-19-11-4-12-20-32)40-28-26-38(48-40)43(31-17-9-3-10-18-31)36-24-22-34(41)46-36/h1-28H. The van der Waals surface area contributed by atoms with Crippen LogP contribution in [0.1, 0.15) is 0 Å². The van der Waals surface area contributed by atoms with E-state index in [1.165, 1.54) is 58.2 Å². The summed E-state index contributed by atoms with van der Waals surface area (Å²) in [6.07, 6.45) is 0. The first-order valence-electron chi connectivity index (χ1n) is 15.6. The van der Waals surface area contributed by atoms with Crippen molar-refractivity contribution in [1.82, 2.24) is 0 Å². The molecule has 1 aliphatic rings. The average molecular weight is 761 g/mol. The summed E-state index contributed by atoms with van der Waals surface area (Å²) in [6, 6.07) is 64.5. The summed E-state index contributed by atoms with van der Waals surface area (Å²) >= 11 is 8.18. The van der Waals surface area contributed by atoms with E-state index in [0.29, 0.717) is 0 Å². The van der Waals surface area contributed by atoms with E-state index in [9.17, 15) is 0 Å². The molecule has 0 N–H and O–H groups in total. The van der Waals surface area contributed by atoms with Crippen molar-refractivity contribution >= 4 is 135 Å². The Bertz CT molecular complexity index is 1870. The molecule has 4 aromatic heterocycles. The maximum atomic E-state index is 2.45. The molecule has 0 saturated carbocycles. The van der Waals surface area contributed by atoms with Gasteiger partial charge in [0.15, 0.2) is 0 Å². The van der Waals surface area contributed by atoms with E-state index in [1.807, 2.05) is 45.3 Å². The predicted molar refractivity (Wildman–Crippen MR) is 226 cm³/mol. The third-order valence-electron chi connectivity index (χ3n) is 8.13. The van der Waals surface area contributed by atoms with Crippen LogP contribution in [-0.4, -0.2) is 0 Å². The quantitative estimate of drug-likeness (QED) is 0.166.